The minimum absolute atomic E-state index is 0. The molecule has 0 radical (unpaired) electrons. The Morgan fingerprint density at radius 2 is 2.34 bits per heavy atom. The Morgan fingerprint density at radius 3 is 2.94 bits per heavy atom. The summed E-state index contributed by atoms with van der Waals surface area (Å²) in [6.07, 6.45) is 2.53. The van der Waals surface area contributed by atoms with Crippen LogP contribution in [0.5, 0.6) is 0 Å². The van der Waals surface area contributed by atoms with Crippen molar-refractivity contribution in [2.75, 3.05) is 25.2 Å². The van der Waals surface area contributed by atoms with Crippen molar-refractivity contribution in [1.29, 1.82) is 0 Å². The van der Waals surface area contributed by atoms with Gasteiger partial charge in [-0.2, -0.15) is 0 Å². The molecule has 166 valence electrons. The quantitative estimate of drug-likeness (QED) is 0.130. The van der Waals surface area contributed by atoms with E-state index in [9.17, 15) is 14.7 Å². The molecule has 3 atom stereocenters. The number of oxime groups is 1. The Labute approximate surface area is 220 Å². The predicted octanol–water partition coefficient (Wildman–Crippen LogP) is -3.01. The van der Waals surface area contributed by atoms with Gasteiger partial charge >= 0.3 is 29.6 Å². The van der Waals surface area contributed by atoms with Crippen LogP contribution in [0.4, 0.5) is 5.13 Å². The molecule has 3 aliphatic heterocycles. The van der Waals surface area contributed by atoms with Crippen LogP contribution in [0.1, 0.15) is 25.0 Å². The van der Waals surface area contributed by atoms with Gasteiger partial charge < -0.3 is 25.7 Å². The summed E-state index contributed by atoms with van der Waals surface area (Å²) in [5.74, 6) is -0.468. The number of carbonyl (C=O) groups excluding carboxylic acids is 2. The van der Waals surface area contributed by atoms with Gasteiger partial charge in [0.1, 0.15) is 24.2 Å². The fourth-order valence-corrected chi connectivity index (χ4v) is 5.96. The number of amides is 2. The SMILES string of the molecule is CO/N=C(\C(=O)NC1C(=O)N2C(C([O-])=S)=C(CC3CCCO3)CS[C@H]12)c1csc(N)n1.[Na+]. The smallest absolute Gasteiger partial charge is 0.863 e. The van der Waals surface area contributed by atoms with E-state index in [-0.39, 0.29) is 57.9 Å². The van der Waals surface area contributed by atoms with Gasteiger partial charge in [-0.1, -0.05) is 17.4 Å². The molecule has 2 fully saturated rings. The Kier molecular flexibility index (Phi) is 8.58. The summed E-state index contributed by atoms with van der Waals surface area (Å²) in [4.78, 5) is 35.9. The van der Waals surface area contributed by atoms with E-state index in [1.807, 2.05) is 0 Å². The number of hydrogen-bond donors (Lipinski definition) is 2. The van der Waals surface area contributed by atoms with Gasteiger partial charge in [0, 0.05) is 23.4 Å². The molecule has 0 aliphatic carbocycles. The number of carbonyl (C=O) groups is 2. The van der Waals surface area contributed by atoms with Gasteiger partial charge in [-0.3, -0.25) is 14.5 Å². The van der Waals surface area contributed by atoms with Crippen LogP contribution in [0.15, 0.2) is 21.8 Å². The van der Waals surface area contributed by atoms with Crippen molar-refractivity contribution >= 4 is 63.0 Å². The van der Waals surface area contributed by atoms with Gasteiger partial charge in [0.15, 0.2) is 10.8 Å². The number of thiazole rings is 1. The monoisotopic (exact) mass is 505 g/mol. The topological polar surface area (TPSA) is 142 Å². The number of rotatable bonds is 7. The van der Waals surface area contributed by atoms with E-state index in [1.165, 1.54) is 23.8 Å². The van der Waals surface area contributed by atoms with E-state index in [2.05, 4.69) is 15.5 Å². The van der Waals surface area contributed by atoms with Crippen molar-refractivity contribution in [3.8, 4) is 0 Å². The molecule has 2 unspecified atom stereocenters. The molecule has 14 heteroatoms. The summed E-state index contributed by atoms with van der Waals surface area (Å²) in [6.45, 7) is 0.706. The first-order chi connectivity index (χ1) is 14.9. The van der Waals surface area contributed by atoms with Gasteiger partial charge in [-0.05, 0) is 29.9 Å². The van der Waals surface area contributed by atoms with Crippen LogP contribution in [0.3, 0.4) is 0 Å². The third kappa shape index (κ3) is 4.98. The largest absolute Gasteiger partial charge is 1.00 e. The van der Waals surface area contributed by atoms with Crippen LogP contribution < -0.4 is 45.7 Å². The van der Waals surface area contributed by atoms with Gasteiger partial charge in [-0.15, -0.1) is 23.1 Å². The van der Waals surface area contributed by atoms with Crippen molar-refractivity contribution in [2.45, 2.75) is 36.8 Å². The zero-order chi connectivity index (χ0) is 22.1. The number of anilines is 1. The number of thiocarbonyl (C=S) groups is 1. The number of nitrogens with one attached hydrogen (secondary N) is 1. The molecule has 1 aromatic rings. The van der Waals surface area contributed by atoms with Crippen LogP contribution in [0.2, 0.25) is 0 Å². The van der Waals surface area contributed by atoms with E-state index in [4.69, 9.17) is 27.5 Å². The zero-order valence-corrected chi connectivity index (χ0v) is 22.0. The van der Waals surface area contributed by atoms with Crippen molar-refractivity contribution in [1.82, 2.24) is 15.2 Å². The molecule has 4 rings (SSSR count). The summed E-state index contributed by atoms with van der Waals surface area (Å²) >= 11 is 7.55. The first kappa shape index (κ1) is 25.4. The van der Waals surface area contributed by atoms with Gasteiger partial charge in [0.25, 0.3) is 11.8 Å². The Morgan fingerprint density at radius 1 is 1.56 bits per heavy atom. The molecule has 0 spiro atoms. The molecule has 0 saturated carbocycles. The zero-order valence-electron chi connectivity index (χ0n) is 17.5. The number of β-lactam (4-membered cyclic amide) rings is 1. The normalized spacial score (nSPS) is 25.0. The Balaban J connectivity index is 0.00000289. The minimum Gasteiger partial charge on any atom is -0.863 e. The number of fused-ring (bicyclic) bond motifs is 1. The molecule has 0 aromatic carbocycles. The number of nitrogen functional groups attached to an aromatic ring is 1. The van der Waals surface area contributed by atoms with Gasteiger partial charge in [0.2, 0.25) is 0 Å². The fourth-order valence-electron chi connectivity index (χ4n) is 3.81. The molecular weight excluding hydrogens is 485 g/mol. The van der Waals surface area contributed by atoms with Crippen LogP contribution in [-0.4, -0.2) is 69.4 Å². The average Bonchev–Trinajstić information content (AvgIpc) is 3.41. The Bertz CT molecular complexity index is 978. The van der Waals surface area contributed by atoms with Gasteiger partial charge in [-0.25, -0.2) is 4.98 Å². The molecule has 2 amide bonds. The standard InChI is InChI=1S/C18H21N5O5S3.Na/c1-27-22-11(10-7-31-18(19)20-10)14(24)21-12-15(25)23-13(17(26)29)8(6-30-16(12)23)5-9-3-2-4-28-9;/h7,9,12,16H,2-6H2,1H3,(H2,19,20)(H,21,24)(H,26,29);/q;+1/p-1/b22-11-;/t9?,12?,16-;/m1./s1. The average molecular weight is 506 g/mol. The molecule has 1 aromatic heterocycles. The molecule has 3 N–H and O–H groups in total. The number of aromatic nitrogens is 1. The second-order valence-electron chi connectivity index (χ2n) is 7.13. The van der Waals surface area contributed by atoms with E-state index in [1.54, 1.807) is 5.38 Å². The third-order valence-electron chi connectivity index (χ3n) is 5.19. The van der Waals surface area contributed by atoms with E-state index in [0.717, 1.165) is 29.8 Å². The minimum atomic E-state index is -0.816. The van der Waals surface area contributed by atoms with Crippen LogP contribution in [-0.2, 0) is 19.2 Å². The Hall–Kier alpha value is -1.22. The molecule has 2 saturated heterocycles. The molecular formula is C18H20N5NaO5S3. The van der Waals surface area contributed by atoms with Crippen molar-refractivity contribution in [3.63, 3.8) is 0 Å². The van der Waals surface area contributed by atoms with E-state index < -0.39 is 28.3 Å². The molecule has 32 heavy (non-hydrogen) atoms. The van der Waals surface area contributed by atoms with Crippen molar-refractivity contribution < 1.29 is 53.8 Å². The summed E-state index contributed by atoms with van der Waals surface area (Å²) in [5.41, 5.74) is 6.88. The summed E-state index contributed by atoms with van der Waals surface area (Å²) < 4.78 is 5.67. The van der Waals surface area contributed by atoms with Crippen molar-refractivity contribution in [2.24, 2.45) is 5.16 Å². The first-order valence-electron chi connectivity index (χ1n) is 9.53. The van der Waals surface area contributed by atoms with E-state index >= 15 is 0 Å². The number of nitrogens with two attached hydrogens (primary N) is 1. The molecule has 4 heterocycles. The van der Waals surface area contributed by atoms with Gasteiger partial charge in [0.05, 0.1) is 6.10 Å². The number of thioether (sulfide) groups is 1. The molecule has 0 bridgehead atoms. The third-order valence-corrected chi connectivity index (χ3v) is 7.39. The van der Waals surface area contributed by atoms with Crippen molar-refractivity contribution in [3.05, 3.63) is 22.3 Å². The number of ether oxygens (including phenoxy) is 1. The van der Waals surface area contributed by atoms with Crippen LogP contribution in [0.25, 0.3) is 0 Å². The second kappa shape index (κ2) is 10.8. The first-order valence-corrected chi connectivity index (χ1v) is 11.9. The predicted molar refractivity (Wildman–Crippen MR) is 118 cm³/mol. The van der Waals surface area contributed by atoms with Crippen LogP contribution >= 0.6 is 35.3 Å². The summed E-state index contributed by atoms with van der Waals surface area (Å²) in [6, 6.07) is -0.816. The second-order valence-corrected chi connectivity index (χ2v) is 9.50. The number of nitrogens with zero attached hydrogens (tertiary/aromatic N) is 3. The maximum absolute atomic E-state index is 12.9. The summed E-state index contributed by atoms with van der Waals surface area (Å²) in [7, 11) is 1.30. The molecule has 10 nitrogen and oxygen atoms in total. The maximum Gasteiger partial charge on any atom is 1.00 e. The fraction of sp³-hybridized carbons (Fsp3) is 0.500. The molecule has 3 aliphatic rings. The number of hydrogen-bond acceptors (Lipinski definition) is 11. The summed E-state index contributed by atoms with van der Waals surface area (Å²) in [5, 5.41) is 19.5. The van der Waals surface area contributed by atoms with E-state index in [0.29, 0.717) is 18.8 Å². The van der Waals surface area contributed by atoms with Crippen LogP contribution in [0, 0.1) is 0 Å². The maximum atomic E-state index is 12.9.